The molecule has 2 heterocycles. The summed E-state index contributed by atoms with van der Waals surface area (Å²) < 4.78 is 0. The number of thioether (sulfide) groups is 1. The summed E-state index contributed by atoms with van der Waals surface area (Å²) >= 11 is 1.53. The van der Waals surface area contributed by atoms with E-state index in [9.17, 15) is 0 Å². The predicted octanol–water partition coefficient (Wildman–Crippen LogP) is 3.74. The number of hydrogen-bond donors (Lipinski definition) is 2. The van der Waals surface area contributed by atoms with Crippen molar-refractivity contribution in [2.45, 2.75) is 17.7 Å². The second kappa shape index (κ2) is 7.55. The number of nitrogens with zero attached hydrogens (tertiary/aromatic N) is 5. The Balaban J connectivity index is 1.54. The van der Waals surface area contributed by atoms with Gasteiger partial charge in [0.1, 0.15) is 10.9 Å². The van der Waals surface area contributed by atoms with Gasteiger partial charge < -0.3 is 11.1 Å². The third-order valence-corrected chi connectivity index (χ3v) is 4.83. The van der Waals surface area contributed by atoms with E-state index in [1.165, 1.54) is 11.8 Å². The minimum atomic E-state index is 0.181. The summed E-state index contributed by atoms with van der Waals surface area (Å²) in [4.78, 5) is 22.1. The van der Waals surface area contributed by atoms with Crippen molar-refractivity contribution in [3.05, 3.63) is 66.1 Å². The Morgan fingerprint density at radius 1 is 0.852 bits per heavy atom. The van der Waals surface area contributed by atoms with Crippen LogP contribution in [0.3, 0.4) is 0 Å². The molecule has 134 valence electrons. The van der Waals surface area contributed by atoms with Crippen LogP contribution >= 0.6 is 11.8 Å². The van der Waals surface area contributed by atoms with Gasteiger partial charge in [0, 0.05) is 5.69 Å². The number of aromatic nitrogens is 5. The molecule has 0 unspecified atom stereocenters. The summed E-state index contributed by atoms with van der Waals surface area (Å²) in [7, 11) is 0. The molecule has 0 fully saturated rings. The molecule has 27 heavy (non-hydrogen) atoms. The summed E-state index contributed by atoms with van der Waals surface area (Å²) in [5, 5.41) is 3.99. The molecule has 4 rings (SSSR count). The van der Waals surface area contributed by atoms with Gasteiger partial charge in [0.2, 0.25) is 11.9 Å². The van der Waals surface area contributed by atoms with Gasteiger partial charge in [0.25, 0.3) is 0 Å². The van der Waals surface area contributed by atoms with Crippen LogP contribution in [0.1, 0.15) is 11.5 Å². The summed E-state index contributed by atoms with van der Waals surface area (Å²) in [6.45, 7) is 1.95. The average molecular weight is 375 g/mol. The predicted molar refractivity (Wildman–Crippen MR) is 108 cm³/mol. The molecule has 0 saturated carbocycles. The fraction of sp³-hybridized carbons (Fsp3) is 0.105. The van der Waals surface area contributed by atoms with Gasteiger partial charge in [-0.2, -0.15) is 15.0 Å². The topological polar surface area (TPSA) is 102 Å². The highest BCUT2D eigenvalue weighted by molar-refractivity contribution is 7.98. The first-order valence-corrected chi connectivity index (χ1v) is 9.34. The van der Waals surface area contributed by atoms with Crippen LogP contribution in [0.4, 0.5) is 17.6 Å². The Morgan fingerprint density at radius 2 is 1.56 bits per heavy atom. The highest BCUT2D eigenvalue weighted by Gasteiger charge is 2.10. The van der Waals surface area contributed by atoms with E-state index in [4.69, 9.17) is 5.73 Å². The van der Waals surface area contributed by atoms with Crippen molar-refractivity contribution in [2.24, 2.45) is 0 Å². The number of hydrogen-bond acceptors (Lipinski definition) is 8. The van der Waals surface area contributed by atoms with Gasteiger partial charge in [0.05, 0.1) is 22.5 Å². The molecule has 2 aromatic carbocycles. The number of anilines is 3. The van der Waals surface area contributed by atoms with Crippen LogP contribution in [-0.2, 0) is 5.75 Å². The molecule has 7 nitrogen and oxygen atoms in total. The lowest BCUT2D eigenvalue weighted by atomic mass is 10.3. The van der Waals surface area contributed by atoms with Crippen molar-refractivity contribution in [1.29, 1.82) is 0 Å². The van der Waals surface area contributed by atoms with Gasteiger partial charge in [-0.05, 0) is 31.2 Å². The Bertz CT molecular complexity index is 1090. The summed E-state index contributed by atoms with van der Waals surface area (Å²) in [6.07, 6.45) is 0. The van der Waals surface area contributed by atoms with E-state index in [2.05, 4.69) is 30.2 Å². The molecular formula is C19H17N7S. The molecule has 0 radical (unpaired) electrons. The van der Waals surface area contributed by atoms with E-state index >= 15 is 0 Å². The molecule has 0 aliphatic heterocycles. The average Bonchev–Trinajstić information content (AvgIpc) is 2.67. The molecule has 0 spiro atoms. The third-order valence-electron chi connectivity index (χ3n) is 3.77. The van der Waals surface area contributed by atoms with Crippen molar-refractivity contribution in [3.8, 4) is 0 Å². The molecular weight excluding hydrogens is 358 g/mol. The Hall–Kier alpha value is -3.26. The molecule has 8 heteroatoms. The number of aryl methyl sites for hydroxylation is 1. The van der Waals surface area contributed by atoms with Gasteiger partial charge >= 0.3 is 0 Å². The third kappa shape index (κ3) is 4.12. The number of benzene rings is 2. The zero-order valence-corrected chi connectivity index (χ0v) is 15.4. The summed E-state index contributed by atoms with van der Waals surface area (Å²) in [5.74, 6) is 1.70. The van der Waals surface area contributed by atoms with E-state index in [-0.39, 0.29) is 5.95 Å². The molecule has 3 N–H and O–H groups in total. The lowest BCUT2D eigenvalue weighted by molar-refractivity contribution is 0.975. The number of para-hydroxylation sites is 3. The monoisotopic (exact) mass is 375 g/mol. The van der Waals surface area contributed by atoms with E-state index in [1.807, 2.05) is 61.5 Å². The van der Waals surface area contributed by atoms with Crippen molar-refractivity contribution in [3.63, 3.8) is 0 Å². The zero-order valence-electron chi connectivity index (χ0n) is 14.6. The minimum absolute atomic E-state index is 0.181. The van der Waals surface area contributed by atoms with E-state index in [0.717, 1.165) is 27.4 Å². The molecule has 0 aliphatic rings. The number of nitrogens with two attached hydrogens (primary N) is 1. The van der Waals surface area contributed by atoms with E-state index in [0.29, 0.717) is 17.5 Å². The van der Waals surface area contributed by atoms with Crippen LogP contribution in [0.15, 0.2) is 59.6 Å². The van der Waals surface area contributed by atoms with Crippen LogP contribution in [0.25, 0.3) is 11.0 Å². The molecule has 0 saturated heterocycles. The maximum atomic E-state index is 5.85. The lowest BCUT2D eigenvalue weighted by Crippen LogP contribution is -2.06. The quantitative estimate of drug-likeness (QED) is 0.509. The maximum absolute atomic E-state index is 5.85. The van der Waals surface area contributed by atoms with Crippen molar-refractivity contribution < 1.29 is 0 Å². The first-order chi connectivity index (χ1) is 13.2. The van der Waals surface area contributed by atoms with Crippen LogP contribution in [0, 0.1) is 6.92 Å². The van der Waals surface area contributed by atoms with Crippen molar-refractivity contribution in [2.75, 3.05) is 11.1 Å². The van der Waals surface area contributed by atoms with Gasteiger partial charge in [-0.1, -0.05) is 42.1 Å². The second-order valence-electron chi connectivity index (χ2n) is 5.82. The SMILES string of the molecule is Cc1nc2ccccc2nc1SCc1nc(N)nc(Nc2ccccc2)n1. The highest BCUT2D eigenvalue weighted by Crippen LogP contribution is 2.25. The van der Waals surface area contributed by atoms with Gasteiger partial charge in [0.15, 0.2) is 0 Å². The van der Waals surface area contributed by atoms with Crippen molar-refractivity contribution >= 4 is 40.4 Å². The molecule has 2 aromatic heterocycles. The normalized spacial score (nSPS) is 10.9. The maximum Gasteiger partial charge on any atom is 0.232 e. The standard InChI is InChI=1S/C19H17N7S/c1-12-17(23-15-10-6-5-9-14(15)21-12)27-11-16-24-18(20)26-19(25-16)22-13-7-3-2-4-8-13/h2-10H,11H2,1H3,(H3,20,22,24,25,26). The van der Waals surface area contributed by atoms with Crippen LogP contribution in [0.2, 0.25) is 0 Å². The Kier molecular flexibility index (Phi) is 4.80. The van der Waals surface area contributed by atoms with E-state index < -0.39 is 0 Å². The molecule has 0 atom stereocenters. The fourth-order valence-electron chi connectivity index (χ4n) is 2.55. The molecule has 0 amide bonds. The second-order valence-corrected chi connectivity index (χ2v) is 6.78. The minimum Gasteiger partial charge on any atom is -0.368 e. The van der Waals surface area contributed by atoms with Gasteiger partial charge in [-0.3, -0.25) is 0 Å². The first-order valence-electron chi connectivity index (χ1n) is 8.36. The summed E-state index contributed by atoms with van der Waals surface area (Å²) in [5.41, 5.74) is 9.37. The lowest BCUT2D eigenvalue weighted by Gasteiger charge is -2.08. The van der Waals surface area contributed by atoms with Gasteiger partial charge in [-0.25, -0.2) is 9.97 Å². The number of nitrogen functional groups attached to an aromatic ring is 1. The zero-order chi connectivity index (χ0) is 18.6. The van der Waals surface area contributed by atoms with Crippen LogP contribution in [0.5, 0.6) is 0 Å². The molecule has 0 bridgehead atoms. The largest absolute Gasteiger partial charge is 0.368 e. The highest BCUT2D eigenvalue weighted by atomic mass is 32.2. The number of fused-ring (bicyclic) bond motifs is 1. The Labute approximate surface area is 160 Å². The first kappa shape index (κ1) is 17.2. The van der Waals surface area contributed by atoms with Gasteiger partial charge in [-0.15, -0.1) is 0 Å². The van der Waals surface area contributed by atoms with E-state index in [1.54, 1.807) is 0 Å². The number of nitrogens with one attached hydrogen (secondary N) is 1. The fourth-order valence-corrected chi connectivity index (χ4v) is 3.36. The van der Waals surface area contributed by atoms with Crippen LogP contribution < -0.4 is 11.1 Å². The smallest absolute Gasteiger partial charge is 0.232 e. The van der Waals surface area contributed by atoms with Crippen LogP contribution in [-0.4, -0.2) is 24.9 Å². The summed E-state index contributed by atoms with van der Waals surface area (Å²) in [6, 6.07) is 17.5. The molecule has 4 aromatic rings. The molecule has 0 aliphatic carbocycles. The Morgan fingerprint density at radius 3 is 2.33 bits per heavy atom. The van der Waals surface area contributed by atoms with Crippen molar-refractivity contribution in [1.82, 2.24) is 24.9 Å². The number of rotatable bonds is 5.